The van der Waals surface area contributed by atoms with Gasteiger partial charge in [-0.2, -0.15) is 0 Å². The van der Waals surface area contributed by atoms with E-state index in [9.17, 15) is 9.59 Å². The predicted octanol–water partition coefficient (Wildman–Crippen LogP) is 3.59. The number of carbonyl (C=O) groups is 2. The van der Waals surface area contributed by atoms with E-state index in [0.717, 1.165) is 22.0 Å². The van der Waals surface area contributed by atoms with Crippen LogP contribution in [0.5, 0.6) is 0 Å². The highest BCUT2D eigenvalue weighted by atomic mass is 35.5. The molecule has 3 heterocycles. The van der Waals surface area contributed by atoms with Crippen molar-refractivity contribution < 1.29 is 9.59 Å². The van der Waals surface area contributed by atoms with Gasteiger partial charge in [-0.05, 0) is 47.2 Å². The van der Waals surface area contributed by atoms with Crippen molar-refractivity contribution in [2.75, 3.05) is 18.8 Å². The monoisotopic (exact) mass is 455 g/mol. The molecule has 1 aliphatic heterocycles. The Bertz CT molecular complexity index is 1160. The first kappa shape index (κ1) is 21.3. The first-order valence-electron chi connectivity index (χ1n) is 9.97. The molecule has 0 saturated carbocycles. The third-order valence-electron chi connectivity index (χ3n) is 5.36. The van der Waals surface area contributed by atoms with E-state index in [0.29, 0.717) is 36.2 Å². The van der Waals surface area contributed by atoms with Gasteiger partial charge in [-0.3, -0.25) is 9.59 Å². The number of nitrogen functional groups attached to an aromatic ring is 1. The fourth-order valence-electron chi connectivity index (χ4n) is 3.77. The van der Waals surface area contributed by atoms with E-state index in [1.54, 1.807) is 21.9 Å². The normalized spacial score (nSPS) is 17.1. The molecule has 1 unspecified atom stereocenters. The van der Waals surface area contributed by atoms with Crippen LogP contribution >= 0.6 is 22.9 Å². The highest BCUT2D eigenvalue weighted by Gasteiger charge is 2.35. The lowest BCUT2D eigenvalue weighted by Crippen LogP contribution is -2.57. The van der Waals surface area contributed by atoms with Crippen molar-refractivity contribution >= 4 is 57.5 Å². The number of fused-ring (bicyclic) bond motifs is 1. The minimum Gasteiger partial charge on any atom is -0.383 e. The van der Waals surface area contributed by atoms with Gasteiger partial charge in [0.05, 0.1) is 9.85 Å². The van der Waals surface area contributed by atoms with Crippen LogP contribution in [0.25, 0.3) is 17.0 Å². The zero-order valence-electron chi connectivity index (χ0n) is 17.0. The van der Waals surface area contributed by atoms with E-state index in [2.05, 4.69) is 9.97 Å². The van der Waals surface area contributed by atoms with Crippen LogP contribution in [0, 0.1) is 0 Å². The Kier molecular flexibility index (Phi) is 6.20. The largest absolute Gasteiger partial charge is 0.383 e. The maximum Gasteiger partial charge on any atom is 0.247 e. The zero-order chi connectivity index (χ0) is 22.0. The number of nitrogens with two attached hydrogens (primary N) is 1. The molecule has 9 heteroatoms. The van der Waals surface area contributed by atoms with Crippen molar-refractivity contribution in [3.63, 3.8) is 0 Å². The van der Waals surface area contributed by atoms with Crippen LogP contribution in [-0.4, -0.2) is 50.7 Å². The van der Waals surface area contributed by atoms with Crippen molar-refractivity contribution in [3.05, 3.63) is 57.5 Å². The van der Waals surface area contributed by atoms with Gasteiger partial charge in [-0.1, -0.05) is 24.6 Å². The van der Waals surface area contributed by atoms with Crippen LogP contribution in [-0.2, 0) is 16.1 Å². The predicted molar refractivity (Wildman–Crippen MR) is 124 cm³/mol. The topological polar surface area (TPSA) is 92.4 Å². The summed E-state index contributed by atoms with van der Waals surface area (Å²) in [5.41, 5.74) is 8.48. The Balaban J connectivity index is 1.46. The molecule has 1 aromatic carbocycles. The highest BCUT2D eigenvalue weighted by Crippen LogP contribution is 2.23. The van der Waals surface area contributed by atoms with Gasteiger partial charge in [0, 0.05) is 31.1 Å². The number of halogens is 1. The molecule has 0 bridgehead atoms. The SMILES string of the molecule is CCC1C(=O)N(Cc2ccc3c(N)ncnc3c2)CCN1C(=O)C=Cc1csc(Cl)c1. The summed E-state index contributed by atoms with van der Waals surface area (Å²) in [6, 6.07) is 7.06. The summed E-state index contributed by atoms with van der Waals surface area (Å²) in [4.78, 5) is 37.6. The summed E-state index contributed by atoms with van der Waals surface area (Å²) in [6.07, 6.45) is 5.23. The van der Waals surface area contributed by atoms with Gasteiger partial charge in [0.15, 0.2) is 0 Å². The Hall–Kier alpha value is -2.97. The van der Waals surface area contributed by atoms with Crippen molar-refractivity contribution in [2.24, 2.45) is 0 Å². The summed E-state index contributed by atoms with van der Waals surface area (Å²) >= 11 is 7.35. The second-order valence-corrected chi connectivity index (χ2v) is 8.89. The van der Waals surface area contributed by atoms with Crippen molar-refractivity contribution in [2.45, 2.75) is 25.9 Å². The third-order valence-corrected chi connectivity index (χ3v) is 6.47. The quantitative estimate of drug-likeness (QED) is 0.593. The second-order valence-electron chi connectivity index (χ2n) is 7.34. The molecular formula is C22H22ClN5O2S. The van der Waals surface area contributed by atoms with E-state index in [-0.39, 0.29) is 11.8 Å². The molecule has 7 nitrogen and oxygen atoms in total. The fraction of sp³-hybridized carbons (Fsp3) is 0.273. The Labute approximate surface area is 189 Å². The molecule has 1 atom stereocenters. The molecule has 2 aromatic heterocycles. The summed E-state index contributed by atoms with van der Waals surface area (Å²) in [6.45, 7) is 3.34. The van der Waals surface area contributed by atoms with Crippen LogP contribution in [0.15, 0.2) is 42.0 Å². The van der Waals surface area contributed by atoms with Crippen LogP contribution in [0.4, 0.5) is 5.82 Å². The lowest BCUT2D eigenvalue weighted by atomic mass is 10.1. The number of benzene rings is 1. The first-order valence-corrected chi connectivity index (χ1v) is 11.2. The Morgan fingerprint density at radius 1 is 1.32 bits per heavy atom. The summed E-state index contributed by atoms with van der Waals surface area (Å²) in [5, 5.41) is 2.67. The first-order chi connectivity index (χ1) is 15.0. The van der Waals surface area contributed by atoms with Crippen molar-refractivity contribution in [3.8, 4) is 0 Å². The molecule has 0 spiro atoms. The van der Waals surface area contributed by atoms with E-state index in [1.807, 2.05) is 30.5 Å². The van der Waals surface area contributed by atoms with Crippen LogP contribution in [0.1, 0.15) is 24.5 Å². The molecule has 1 fully saturated rings. The number of piperazine rings is 1. The van der Waals surface area contributed by atoms with E-state index in [4.69, 9.17) is 17.3 Å². The number of aromatic nitrogens is 2. The van der Waals surface area contributed by atoms with E-state index in [1.165, 1.54) is 23.7 Å². The molecule has 0 radical (unpaired) electrons. The van der Waals surface area contributed by atoms with Crippen LogP contribution < -0.4 is 5.73 Å². The molecule has 1 aliphatic rings. The molecule has 31 heavy (non-hydrogen) atoms. The number of hydrogen-bond acceptors (Lipinski definition) is 6. The molecule has 1 saturated heterocycles. The minimum atomic E-state index is -0.476. The molecule has 160 valence electrons. The highest BCUT2D eigenvalue weighted by molar-refractivity contribution is 7.14. The fourth-order valence-corrected chi connectivity index (χ4v) is 4.63. The smallest absolute Gasteiger partial charge is 0.247 e. The van der Waals surface area contributed by atoms with Gasteiger partial charge < -0.3 is 15.5 Å². The van der Waals surface area contributed by atoms with Gasteiger partial charge in [-0.15, -0.1) is 11.3 Å². The summed E-state index contributed by atoms with van der Waals surface area (Å²) < 4.78 is 0.671. The number of amides is 2. The van der Waals surface area contributed by atoms with Gasteiger partial charge >= 0.3 is 0 Å². The zero-order valence-corrected chi connectivity index (χ0v) is 18.6. The molecule has 2 N–H and O–H groups in total. The number of hydrogen-bond donors (Lipinski definition) is 1. The van der Waals surface area contributed by atoms with E-state index >= 15 is 0 Å². The van der Waals surface area contributed by atoms with Crippen LogP contribution in [0.2, 0.25) is 4.34 Å². The van der Waals surface area contributed by atoms with Gasteiger partial charge in [-0.25, -0.2) is 9.97 Å². The Morgan fingerprint density at radius 2 is 2.16 bits per heavy atom. The van der Waals surface area contributed by atoms with E-state index < -0.39 is 6.04 Å². The Morgan fingerprint density at radius 3 is 2.90 bits per heavy atom. The number of nitrogens with zero attached hydrogens (tertiary/aromatic N) is 4. The van der Waals surface area contributed by atoms with Gasteiger partial charge in [0.1, 0.15) is 18.2 Å². The summed E-state index contributed by atoms with van der Waals surface area (Å²) in [7, 11) is 0. The minimum absolute atomic E-state index is 0.0450. The molecule has 2 amide bonds. The number of carbonyl (C=O) groups excluding carboxylic acids is 2. The van der Waals surface area contributed by atoms with Gasteiger partial charge in [0.2, 0.25) is 11.8 Å². The molecule has 4 rings (SSSR count). The molecular weight excluding hydrogens is 434 g/mol. The van der Waals surface area contributed by atoms with Crippen molar-refractivity contribution in [1.29, 1.82) is 0 Å². The molecule has 0 aliphatic carbocycles. The molecule has 3 aromatic rings. The summed E-state index contributed by atoms with van der Waals surface area (Å²) in [5.74, 6) is 0.222. The number of thiophene rings is 1. The third kappa shape index (κ3) is 4.55. The number of anilines is 1. The average Bonchev–Trinajstić information content (AvgIpc) is 3.18. The van der Waals surface area contributed by atoms with Crippen LogP contribution in [0.3, 0.4) is 0 Å². The van der Waals surface area contributed by atoms with Gasteiger partial charge in [0.25, 0.3) is 0 Å². The average molecular weight is 456 g/mol. The second kappa shape index (κ2) is 9.03. The lowest BCUT2D eigenvalue weighted by Gasteiger charge is -2.40. The maximum atomic E-state index is 13.1. The lowest BCUT2D eigenvalue weighted by molar-refractivity contribution is -0.149. The maximum absolute atomic E-state index is 13.1. The van der Waals surface area contributed by atoms with Crippen molar-refractivity contribution in [1.82, 2.24) is 19.8 Å². The number of rotatable bonds is 5. The standard InChI is InChI=1S/C22H22ClN5O2S/c1-2-18-22(30)27(11-14-3-5-16-17(9-14)25-13-26-21(16)24)7-8-28(18)20(29)6-4-15-10-19(23)31-12-15/h3-6,9-10,12-13,18H,2,7-8,11H2,1H3,(H2,24,25,26).